The monoisotopic (exact) mass is 672 g/mol. The molecule has 0 aliphatic heterocycles. The second kappa shape index (κ2) is 15.7. The van der Waals surface area contributed by atoms with Crippen LogP contribution in [0.25, 0.3) is 56.2 Å². The minimum atomic E-state index is 0. The fourth-order valence-electron chi connectivity index (χ4n) is 4.22. The second-order valence-corrected chi connectivity index (χ2v) is 9.35. The fraction of sp³-hybridized carbons (Fsp3) is 0. The SMILES string of the molecule is [Ru+2].c1ccc(-c2ccccn2)nc1.c1ccc(-c2ccccn2)nc1.c1ccc2nc(-c3cnc4ccccc4n3)cnc2c1. The summed E-state index contributed by atoms with van der Waals surface area (Å²) >= 11 is 0. The molecule has 0 unspecified atom stereocenters. The Labute approximate surface area is 273 Å². The Bertz CT molecular complexity index is 1840. The Hall–Kier alpha value is -5.66. The molecule has 45 heavy (non-hydrogen) atoms. The number of hydrogen-bond acceptors (Lipinski definition) is 8. The van der Waals surface area contributed by atoms with Gasteiger partial charge in [-0.1, -0.05) is 48.5 Å². The van der Waals surface area contributed by atoms with Crippen molar-refractivity contribution in [3.05, 3.63) is 159 Å². The predicted molar refractivity (Wildman–Crippen MR) is 173 cm³/mol. The molecule has 0 saturated carbocycles. The molecule has 9 heteroatoms. The van der Waals surface area contributed by atoms with Crippen molar-refractivity contribution in [3.63, 3.8) is 0 Å². The molecule has 6 heterocycles. The van der Waals surface area contributed by atoms with Gasteiger partial charge in [0.05, 0.1) is 57.2 Å². The molecule has 0 amide bonds. The molecule has 0 aliphatic rings. The van der Waals surface area contributed by atoms with Gasteiger partial charge in [-0.25, -0.2) is 9.97 Å². The van der Waals surface area contributed by atoms with Crippen LogP contribution in [-0.4, -0.2) is 39.9 Å². The first-order chi connectivity index (χ1) is 21.8. The van der Waals surface area contributed by atoms with Crippen LogP contribution >= 0.6 is 0 Å². The maximum atomic E-state index is 4.59. The van der Waals surface area contributed by atoms with E-state index in [2.05, 4.69) is 39.9 Å². The van der Waals surface area contributed by atoms with Gasteiger partial charge >= 0.3 is 19.5 Å². The van der Waals surface area contributed by atoms with E-state index in [4.69, 9.17) is 0 Å². The van der Waals surface area contributed by atoms with Crippen LogP contribution in [0.2, 0.25) is 0 Å². The van der Waals surface area contributed by atoms with Gasteiger partial charge in [0.1, 0.15) is 11.4 Å². The zero-order chi connectivity index (χ0) is 29.8. The van der Waals surface area contributed by atoms with E-state index >= 15 is 0 Å². The molecular weight excluding hydrogens is 646 g/mol. The number of nitrogens with zero attached hydrogens (tertiary/aromatic N) is 8. The van der Waals surface area contributed by atoms with Gasteiger partial charge < -0.3 is 0 Å². The van der Waals surface area contributed by atoms with Gasteiger partial charge in [-0.3, -0.25) is 29.9 Å². The standard InChI is InChI=1S/C16H10N4.2C10H8N2.Ru/c1-3-7-13-11(5-1)17-9-15(19-13)16-10-18-12-6-2-4-8-14(12)20-16;2*1-3-7-11-9(5-1)10-6-2-4-8-12-10;/h1-10H;2*1-8H;/q;;;+2. The van der Waals surface area contributed by atoms with E-state index in [1.807, 2.05) is 121 Å². The summed E-state index contributed by atoms with van der Waals surface area (Å²) in [5.74, 6) is 0. The van der Waals surface area contributed by atoms with Gasteiger partial charge in [0, 0.05) is 24.8 Å². The van der Waals surface area contributed by atoms with Crippen LogP contribution in [0.3, 0.4) is 0 Å². The molecule has 0 aliphatic carbocycles. The zero-order valence-corrected chi connectivity index (χ0v) is 25.7. The van der Waals surface area contributed by atoms with E-state index in [1.165, 1.54) is 0 Å². The van der Waals surface area contributed by atoms with E-state index in [0.717, 1.165) is 56.2 Å². The molecule has 8 nitrogen and oxygen atoms in total. The number of para-hydroxylation sites is 4. The largest absolute Gasteiger partial charge is 2.00 e. The first-order valence-electron chi connectivity index (χ1n) is 13.9. The molecular formula is C36H26N8Ru+2. The average Bonchev–Trinajstić information content (AvgIpc) is 3.13. The summed E-state index contributed by atoms with van der Waals surface area (Å²) in [5.41, 5.74) is 8.62. The molecule has 8 aromatic rings. The summed E-state index contributed by atoms with van der Waals surface area (Å²) in [6.07, 6.45) is 10.5. The van der Waals surface area contributed by atoms with E-state index in [-0.39, 0.29) is 19.5 Å². The molecule has 216 valence electrons. The summed E-state index contributed by atoms with van der Waals surface area (Å²) in [5, 5.41) is 0. The smallest absolute Gasteiger partial charge is 0.255 e. The number of aromatic nitrogens is 8. The van der Waals surface area contributed by atoms with E-state index < -0.39 is 0 Å². The van der Waals surface area contributed by atoms with Crippen LogP contribution in [0.4, 0.5) is 0 Å². The summed E-state index contributed by atoms with van der Waals surface area (Å²) < 4.78 is 0. The first kappa shape index (κ1) is 30.8. The van der Waals surface area contributed by atoms with Gasteiger partial charge in [0.25, 0.3) is 0 Å². The number of rotatable bonds is 3. The van der Waals surface area contributed by atoms with Crippen molar-refractivity contribution in [1.82, 2.24) is 39.9 Å². The molecule has 6 aromatic heterocycles. The maximum Gasteiger partial charge on any atom is 2.00 e. The molecule has 0 saturated heterocycles. The quantitative estimate of drug-likeness (QED) is 0.178. The number of pyridine rings is 4. The minimum Gasteiger partial charge on any atom is -0.255 e. The third-order valence-corrected chi connectivity index (χ3v) is 6.34. The van der Waals surface area contributed by atoms with Gasteiger partial charge in [0.2, 0.25) is 0 Å². The van der Waals surface area contributed by atoms with Crippen molar-refractivity contribution >= 4 is 22.1 Å². The topological polar surface area (TPSA) is 103 Å². The van der Waals surface area contributed by atoms with Crippen LogP contribution in [-0.2, 0) is 19.5 Å². The van der Waals surface area contributed by atoms with Crippen LogP contribution in [0.5, 0.6) is 0 Å². The van der Waals surface area contributed by atoms with Gasteiger partial charge in [0.15, 0.2) is 0 Å². The van der Waals surface area contributed by atoms with Gasteiger partial charge in [-0.2, -0.15) is 0 Å². The number of benzene rings is 2. The zero-order valence-electron chi connectivity index (χ0n) is 23.9. The van der Waals surface area contributed by atoms with Crippen molar-refractivity contribution in [3.8, 4) is 34.2 Å². The number of fused-ring (bicyclic) bond motifs is 2. The normalized spacial score (nSPS) is 10.0. The Morgan fingerprint density at radius 2 is 0.556 bits per heavy atom. The molecule has 2 aromatic carbocycles. The van der Waals surface area contributed by atoms with Crippen LogP contribution < -0.4 is 0 Å². The molecule has 0 atom stereocenters. The molecule has 0 fully saturated rings. The summed E-state index contributed by atoms with van der Waals surface area (Å²) in [7, 11) is 0. The Morgan fingerprint density at radius 1 is 0.267 bits per heavy atom. The third-order valence-electron chi connectivity index (χ3n) is 6.34. The molecule has 0 radical (unpaired) electrons. The summed E-state index contributed by atoms with van der Waals surface area (Å²) in [6, 6.07) is 38.8. The van der Waals surface area contributed by atoms with Crippen LogP contribution in [0.1, 0.15) is 0 Å². The van der Waals surface area contributed by atoms with Crippen molar-refractivity contribution in [2.45, 2.75) is 0 Å². The van der Waals surface area contributed by atoms with Crippen molar-refractivity contribution in [2.24, 2.45) is 0 Å². The van der Waals surface area contributed by atoms with Crippen molar-refractivity contribution < 1.29 is 19.5 Å². The third kappa shape index (κ3) is 8.25. The van der Waals surface area contributed by atoms with E-state index in [9.17, 15) is 0 Å². The van der Waals surface area contributed by atoms with Crippen LogP contribution in [0, 0.1) is 0 Å². The van der Waals surface area contributed by atoms with Crippen molar-refractivity contribution in [2.75, 3.05) is 0 Å². The first-order valence-corrected chi connectivity index (χ1v) is 13.9. The average molecular weight is 672 g/mol. The molecule has 0 spiro atoms. The summed E-state index contributed by atoms with van der Waals surface area (Å²) in [6.45, 7) is 0. The van der Waals surface area contributed by atoms with Crippen molar-refractivity contribution in [1.29, 1.82) is 0 Å². The van der Waals surface area contributed by atoms with Crippen LogP contribution in [0.15, 0.2) is 159 Å². The Balaban J connectivity index is 0.000000139. The summed E-state index contributed by atoms with van der Waals surface area (Å²) in [4.78, 5) is 34.7. The maximum absolute atomic E-state index is 4.59. The van der Waals surface area contributed by atoms with Gasteiger partial charge in [-0.05, 0) is 72.8 Å². The van der Waals surface area contributed by atoms with Gasteiger partial charge in [-0.15, -0.1) is 0 Å². The Kier molecular flexibility index (Phi) is 10.7. The fourth-order valence-corrected chi connectivity index (χ4v) is 4.22. The predicted octanol–water partition coefficient (Wildman–Crippen LogP) is 7.52. The van der Waals surface area contributed by atoms with E-state index in [1.54, 1.807) is 37.2 Å². The molecule has 0 N–H and O–H groups in total. The van der Waals surface area contributed by atoms with E-state index in [0.29, 0.717) is 0 Å². The molecule has 0 bridgehead atoms. The molecule has 8 rings (SSSR count). The minimum absolute atomic E-state index is 0. The second-order valence-electron chi connectivity index (χ2n) is 9.35. The Morgan fingerprint density at radius 3 is 0.844 bits per heavy atom. The number of hydrogen-bond donors (Lipinski definition) is 0.